The molecule has 0 spiro atoms. The average molecular weight is 410 g/mol. The highest BCUT2D eigenvalue weighted by Crippen LogP contribution is 2.38. The van der Waals surface area contributed by atoms with Crippen molar-refractivity contribution in [1.29, 1.82) is 0 Å². The van der Waals surface area contributed by atoms with Crippen molar-refractivity contribution >= 4 is 33.2 Å². The zero-order valence-corrected chi connectivity index (χ0v) is 17.6. The Morgan fingerprint density at radius 3 is 2.03 bits per heavy atom. The van der Waals surface area contributed by atoms with Gasteiger partial charge in [-0.2, -0.15) is 0 Å². The van der Waals surface area contributed by atoms with Gasteiger partial charge in [-0.25, -0.2) is 4.98 Å². The first-order chi connectivity index (χ1) is 15.2. The molecule has 0 unspecified atom stereocenters. The molecule has 5 heteroatoms. The maximum Gasteiger partial charge on any atom is 0.227 e. The van der Waals surface area contributed by atoms with E-state index in [0.29, 0.717) is 5.89 Å². The third-order valence-corrected chi connectivity index (χ3v) is 5.54. The second-order valence-electron chi connectivity index (χ2n) is 7.29. The molecule has 1 aromatic heterocycles. The fourth-order valence-electron chi connectivity index (χ4n) is 3.82. The molecule has 0 bridgehead atoms. The molecule has 0 aliphatic rings. The molecule has 1 heterocycles. The predicted octanol–water partition coefficient (Wildman–Crippen LogP) is 6.43. The van der Waals surface area contributed by atoms with Crippen LogP contribution in [0.1, 0.15) is 0 Å². The van der Waals surface area contributed by atoms with Gasteiger partial charge in [0.05, 0.1) is 19.9 Å². The maximum atomic E-state index is 6.20. The molecule has 31 heavy (non-hydrogen) atoms. The van der Waals surface area contributed by atoms with E-state index in [0.717, 1.165) is 50.3 Å². The lowest BCUT2D eigenvalue weighted by molar-refractivity contribution is 0.414. The molecular formula is C26H22N2O3. The number of hydrogen-bond donors (Lipinski definition) is 0. The fourth-order valence-corrected chi connectivity index (χ4v) is 3.82. The van der Waals surface area contributed by atoms with Gasteiger partial charge in [0.2, 0.25) is 5.89 Å². The summed E-state index contributed by atoms with van der Waals surface area (Å²) >= 11 is 0. The Morgan fingerprint density at radius 1 is 0.774 bits per heavy atom. The van der Waals surface area contributed by atoms with Gasteiger partial charge in [0.25, 0.3) is 0 Å². The summed E-state index contributed by atoms with van der Waals surface area (Å²) in [6.45, 7) is 0. The number of oxazole rings is 1. The van der Waals surface area contributed by atoms with E-state index in [1.54, 1.807) is 14.2 Å². The molecule has 4 aromatic carbocycles. The van der Waals surface area contributed by atoms with Crippen LogP contribution < -0.4 is 14.4 Å². The highest BCUT2D eigenvalue weighted by atomic mass is 16.5. The van der Waals surface area contributed by atoms with Crippen molar-refractivity contribution in [3.8, 4) is 23.0 Å². The van der Waals surface area contributed by atoms with Crippen LogP contribution in [-0.4, -0.2) is 26.3 Å². The zero-order chi connectivity index (χ0) is 21.4. The molecule has 0 N–H and O–H groups in total. The van der Waals surface area contributed by atoms with Gasteiger partial charge >= 0.3 is 0 Å². The first-order valence-electron chi connectivity index (χ1n) is 10.0. The largest absolute Gasteiger partial charge is 0.497 e. The molecule has 0 amide bonds. The molecule has 154 valence electrons. The summed E-state index contributed by atoms with van der Waals surface area (Å²) in [6, 6.07) is 26.1. The lowest BCUT2D eigenvalue weighted by Crippen LogP contribution is -2.09. The molecule has 5 rings (SSSR count). The summed E-state index contributed by atoms with van der Waals surface area (Å²) in [5, 5.41) is 2.17. The third-order valence-electron chi connectivity index (χ3n) is 5.54. The van der Waals surface area contributed by atoms with Gasteiger partial charge in [0, 0.05) is 35.1 Å². The number of hydrogen-bond acceptors (Lipinski definition) is 5. The van der Waals surface area contributed by atoms with Gasteiger partial charge in [-0.3, -0.25) is 0 Å². The van der Waals surface area contributed by atoms with Gasteiger partial charge in [-0.1, -0.05) is 24.3 Å². The SMILES string of the molecule is COc1ccc(-c2nc3c(cc(N(C)c4ccc(OC)cc4)c4ccccc43)o2)cc1. The molecule has 5 nitrogen and oxygen atoms in total. The first kappa shape index (κ1) is 19.0. The molecule has 0 aliphatic carbocycles. The summed E-state index contributed by atoms with van der Waals surface area (Å²) in [5.74, 6) is 2.22. The van der Waals surface area contributed by atoms with E-state index in [9.17, 15) is 0 Å². The van der Waals surface area contributed by atoms with Gasteiger partial charge in [-0.05, 0) is 48.5 Å². The van der Waals surface area contributed by atoms with Crippen LogP contribution >= 0.6 is 0 Å². The second-order valence-corrected chi connectivity index (χ2v) is 7.29. The molecule has 0 aliphatic heterocycles. The van der Waals surface area contributed by atoms with Crippen LogP contribution in [0.5, 0.6) is 11.5 Å². The van der Waals surface area contributed by atoms with Gasteiger partial charge in [0.1, 0.15) is 17.0 Å². The third kappa shape index (κ3) is 3.34. The first-order valence-corrected chi connectivity index (χ1v) is 10.0. The normalized spacial score (nSPS) is 11.1. The van der Waals surface area contributed by atoms with E-state index < -0.39 is 0 Å². The van der Waals surface area contributed by atoms with Crippen LogP contribution in [0.3, 0.4) is 0 Å². The molecule has 0 fully saturated rings. The van der Waals surface area contributed by atoms with Crippen LogP contribution in [0.15, 0.2) is 83.3 Å². The lowest BCUT2D eigenvalue weighted by Gasteiger charge is -2.21. The number of rotatable bonds is 5. The summed E-state index contributed by atoms with van der Waals surface area (Å²) in [4.78, 5) is 6.97. The Labute approximate surface area is 180 Å². The van der Waals surface area contributed by atoms with E-state index >= 15 is 0 Å². The molecule has 0 radical (unpaired) electrons. The number of aromatic nitrogens is 1. The molecule has 0 saturated heterocycles. The van der Waals surface area contributed by atoms with E-state index in [1.807, 2.05) is 60.7 Å². The van der Waals surface area contributed by atoms with Crippen LogP contribution in [0.4, 0.5) is 11.4 Å². The van der Waals surface area contributed by atoms with Crippen molar-refractivity contribution < 1.29 is 13.9 Å². The van der Waals surface area contributed by atoms with E-state index in [2.05, 4.69) is 30.1 Å². The fraction of sp³-hybridized carbons (Fsp3) is 0.115. The van der Waals surface area contributed by atoms with E-state index in [1.165, 1.54) is 0 Å². The quantitative estimate of drug-likeness (QED) is 0.334. The lowest BCUT2D eigenvalue weighted by atomic mass is 10.1. The smallest absolute Gasteiger partial charge is 0.227 e. The Hall–Kier alpha value is -3.99. The van der Waals surface area contributed by atoms with E-state index in [4.69, 9.17) is 18.9 Å². The van der Waals surface area contributed by atoms with Crippen LogP contribution in [-0.2, 0) is 0 Å². The second kappa shape index (κ2) is 7.69. The number of anilines is 2. The number of benzene rings is 4. The van der Waals surface area contributed by atoms with Crippen molar-refractivity contribution in [2.75, 3.05) is 26.2 Å². The Kier molecular flexibility index (Phi) is 4.71. The topological polar surface area (TPSA) is 47.7 Å². The molecule has 5 aromatic rings. The number of fused-ring (bicyclic) bond motifs is 3. The standard InChI is InChI=1S/C26H22N2O3/c1-28(18-10-14-20(30-3)15-11-18)23-16-24-25(22-7-5-4-6-21(22)23)27-26(31-24)17-8-12-19(29-2)13-9-17/h4-16H,1-3H3. The monoisotopic (exact) mass is 410 g/mol. The highest BCUT2D eigenvalue weighted by Gasteiger charge is 2.17. The molecular weight excluding hydrogens is 388 g/mol. The highest BCUT2D eigenvalue weighted by molar-refractivity contribution is 6.11. The zero-order valence-electron chi connectivity index (χ0n) is 17.6. The number of ether oxygens (including phenoxy) is 2. The summed E-state index contributed by atoms with van der Waals surface area (Å²) < 4.78 is 16.7. The summed E-state index contributed by atoms with van der Waals surface area (Å²) in [7, 11) is 5.38. The molecule has 0 saturated carbocycles. The minimum absolute atomic E-state index is 0.590. The number of methoxy groups -OCH3 is 2. The van der Waals surface area contributed by atoms with Crippen molar-refractivity contribution in [2.45, 2.75) is 0 Å². The van der Waals surface area contributed by atoms with Crippen molar-refractivity contribution in [3.05, 3.63) is 78.9 Å². The van der Waals surface area contributed by atoms with Crippen LogP contribution in [0.2, 0.25) is 0 Å². The van der Waals surface area contributed by atoms with Gasteiger partial charge in [-0.15, -0.1) is 0 Å². The summed E-state index contributed by atoms with van der Waals surface area (Å²) in [6.07, 6.45) is 0. The minimum Gasteiger partial charge on any atom is -0.497 e. The minimum atomic E-state index is 0.590. The van der Waals surface area contributed by atoms with Crippen molar-refractivity contribution in [2.24, 2.45) is 0 Å². The van der Waals surface area contributed by atoms with Crippen LogP contribution in [0, 0.1) is 0 Å². The van der Waals surface area contributed by atoms with Gasteiger partial charge in [0.15, 0.2) is 5.58 Å². The van der Waals surface area contributed by atoms with E-state index in [-0.39, 0.29) is 0 Å². The predicted molar refractivity (Wildman–Crippen MR) is 125 cm³/mol. The molecule has 0 atom stereocenters. The summed E-state index contributed by atoms with van der Waals surface area (Å²) in [5.41, 5.74) is 4.62. The maximum absolute atomic E-state index is 6.20. The Morgan fingerprint density at radius 2 is 1.39 bits per heavy atom. The average Bonchev–Trinajstić information content (AvgIpc) is 3.28. The Balaban J connectivity index is 1.65. The van der Waals surface area contributed by atoms with Crippen LogP contribution in [0.25, 0.3) is 33.3 Å². The Bertz CT molecular complexity index is 1360. The number of nitrogens with zero attached hydrogens (tertiary/aromatic N) is 2. The van der Waals surface area contributed by atoms with Crippen molar-refractivity contribution in [1.82, 2.24) is 4.98 Å². The van der Waals surface area contributed by atoms with Crippen molar-refractivity contribution in [3.63, 3.8) is 0 Å². The van der Waals surface area contributed by atoms with Gasteiger partial charge < -0.3 is 18.8 Å².